The fraction of sp³-hybridized carbons (Fsp3) is 0.240. The summed E-state index contributed by atoms with van der Waals surface area (Å²) in [7, 11) is -3.80. The van der Waals surface area contributed by atoms with Gasteiger partial charge >= 0.3 is 0 Å². The van der Waals surface area contributed by atoms with Gasteiger partial charge in [-0.15, -0.1) is 0 Å². The Balaban J connectivity index is 1.45. The van der Waals surface area contributed by atoms with Crippen LogP contribution in [-0.2, 0) is 15.8 Å². The fourth-order valence-electron chi connectivity index (χ4n) is 4.75. The average Bonchev–Trinajstić information content (AvgIpc) is 3.46. The summed E-state index contributed by atoms with van der Waals surface area (Å²) in [5.74, 6) is -0.383. The summed E-state index contributed by atoms with van der Waals surface area (Å²) in [5, 5.41) is 1.21. The zero-order valence-corrected chi connectivity index (χ0v) is 21.4. The van der Waals surface area contributed by atoms with Crippen molar-refractivity contribution < 1.29 is 13.2 Å². The molecule has 0 unspecified atom stereocenters. The third kappa shape index (κ3) is 5.04. The Bertz CT molecular complexity index is 1560. The monoisotopic (exact) mass is 543 g/mol. The molecule has 2 heterocycles. The molecule has 1 fully saturated rings. The molecule has 0 amide bonds. The minimum atomic E-state index is -3.80. The number of fused-ring (bicyclic) bond motifs is 1. The van der Waals surface area contributed by atoms with E-state index in [4.69, 9.17) is 28.9 Å². The van der Waals surface area contributed by atoms with Gasteiger partial charge in [-0.25, -0.2) is 18.4 Å². The Kier molecular flexibility index (Phi) is 6.63. The molecule has 0 spiro atoms. The SMILES string of the molecule is Nc1ncnc2c1c(C(=O)c1cccc(NS(=O)(=O)Cc3cc(Cl)cc(Cl)c3)c1)cn2C1CCCC1. The number of halogens is 2. The first-order chi connectivity index (χ1) is 17.2. The van der Waals surface area contributed by atoms with Crippen molar-refractivity contribution in [3.05, 3.63) is 81.7 Å². The van der Waals surface area contributed by atoms with Crippen molar-refractivity contribution >= 4 is 61.5 Å². The van der Waals surface area contributed by atoms with Crippen molar-refractivity contribution in [2.45, 2.75) is 37.5 Å². The molecule has 3 N–H and O–H groups in total. The molecule has 2 aromatic carbocycles. The number of nitrogens with one attached hydrogen (secondary N) is 1. The fourth-order valence-corrected chi connectivity index (χ4v) is 6.49. The van der Waals surface area contributed by atoms with Gasteiger partial charge in [0.05, 0.1) is 16.7 Å². The second-order valence-electron chi connectivity index (χ2n) is 8.89. The van der Waals surface area contributed by atoms with E-state index in [0.717, 1.165) is 25.7 Å². The highest BCUT2D eigenvalue weighted by Gasteiger charge is 2.25. The number of sulfonamides is 1. The number of aromatic nitrogens is 3. The molecule has 8 nitrogen and oxygen atoms in total. The maximum absolute atomic E-state index is 13.6. The quantitative estimate of drug-likeness (QED) is 0.292. The Labute approximate surface area is 218 Å². The van der Waals surface area contributed by atoms with E-state index < -0.39 is 10.0 Å². The van der Waals surface area contributed by atoms with E-state index in [9.17, 15) is 13.2 Å². The summed E-state index contributed by atoms with van der Waals surface area (Å²) in [6.07, 6.45) is 7.47. The molecule has 0 saturated heterocycles. The topological polar surface area (TPSA) is 120 Å². The second kappa shape index (κ2) is 9.72. The summed E-state index contributed by atoms with van der Waals surface area (Å²) < 4.78 is 30.1. The van der Waals surface area contributed by atoms with Gasteiger partial charge in [0.25, 0.3) is 0 Å². The van der Waals surface area contributed by atoms with Gasteiger partial charge in [0.1, 0.15) is 17.8 Å². The molecule has 0 atom stereocenters. The number of hydrogen-bond donors (Lipinski definition) is 2. The van der Waals surface area contributed by atoms with Gasteiger partial charge in [0.2, 0.25) is 10.0 Å². The van der Waals surface area contributed by atoms with Crippen molar-refractivity contribution in [1.29, 1.82) is 0 Å². The molecule has 1 aliphatic rings. The number of ketones is 1. The summed E-state index contributed by atoms with van der Waals surface area (Å²) >= 11 is 12.0. The highest BCUT2D eigenvalue weighted by molar-refractivity contribution is 7.91. The molecule has 2 aromatic heterocycles. The first-order valence-electron chi connectivity index (χ1n) is 11.4. The normalized spacial score (nSPS) is 14.4. The summed E-state index contributed by atoms with van der Waals surface area (Å²) in [6, 6.07) is 11.2. The number of nitrogens with two attached hydrogens (primary N) is 1. The molecule has 11 heteroatoms. The van der Waals surface area contributed by atoms with Gasteiger partial charge in [0.15, 0.2) is 5.78 Å². The first kappa shape index (κ1) is 24.5. The number of nitrogens with zero attached hydrogens (tertiary/aromatic N) is 3. The van der Waals surface area contributed by atoms with Crippen molar-refractivity contribution in [3.8, 4) is 0 Å². The third-order valence-electron chi connectivity index (χ3n) is 6.28. The zero-order chi connectivity index (χ0) is 25.4. The molecule has 1 saturated carbocycles. The molecule has 0 bridgehead atoms. The number of carbonyl (C=O) groups excluding carboxylic acids is 1. The van der Waals surface area contributed by atoms with Gasteiger partial charge < -0.3 is 10.3 Å². The smallest absolute Gasteiger partial charge is 0.236 e. The van der Waals surface area contributed by atoms with Crippen LogP contribution in [0.5, 0.6) is 0 Å². The summed E-state index contributed by atoms with van der Waals surface area (Å²) in [5.41, 5.74) is 8.21. The molecule has 36 heavy (non-hydrogen) atoms. The third-order valence-corrected chi connectivity index (χ3v) is 7.98. The largest absolute Gasteiger partial charge is 0.383 e. The van der Waals surface area contributed by atoms with E-state index in [1.807, 2.05) is 4.57 Å². The maximum Gasteiger partial charge on any atom is 0.236 e. The number of benzene rings is 2. The van der Waals surface area contributed by atoms with Gasteiger partial charge in [-0.3, -0.25) is 9.52 Å². The molecule has 0 aliphatic heterocycles. The Morgan fingerprint density at radius 3 is 2.53 bits per heavy atom. The van der Waals surface area contributed by atoms with Crippen LogP contribution in [0.2, 0.25) is 10.0 Å². The van der Waals surface area contributed by atoms with Crippen LogP contribution in [0.25, 0.3) is 11.0 Å². The van der Waals surface area contributed by atoms with E-state index in [2.05, 4.69) is 14.7 Å². The summed E-state index contributed by atoms with van der Waals surface area (Å²) in [6.45, 7) is 0. The lowest BCUT2D eigenvalue weighted by Crippen LogP contribution is -2.15. The van der Waals surface area contributed by atoms with Crippen LogP contribution in [0.1, 0.15) is 53.2 Å². The van der Waals surface area contributed by atoms with Crippen molar-refractivity contribution in [3.63, 3.8) is 0 Å². The zero-order valence-electron chi connectivity index (χ0n) is 19.1. The van der Waals surface area contributed by atoms with Gasteiger partial charge in [-0.05, 0) is 48.7 Å². The van der Waals surface area contributed by atoms with Crippen LogP contribution in [0.3, 0.4) is 0 Å². The molecule has 4 aromatic rings. The Morgan fingerprint density at radius 2 is 1.81 bits per heavy atom. The van der Waals surface area contributed by atoms with Crippen LogP contribution in [0.15, 0.2) is 55.0 Å². The minimum absolute atomic E-state index is 0.233. The highest BCUT2D eigenvalue weighted by atomic mass is 35.5. The van der Waals surface area contributed by atoms with E-state index in [0.29, 0.717) is 37.8 Å². The van der Waals surface area contributed by atoms with Crippen molar-refractivity contribution in [2.24, 2.45) is 0 Å². The van der Waals surface area contributed by atoms with E-state index in [1.165, 1.54) is 18.5 Å². The lowest BCUT2D eigenvalue weighted by atomic mass is 10.0. The predicted octanol–water partition coefficient (Wildman–Crippen LogP) is 5.61. The molecule has 1 aliphatic carbocycles. The summed E-state index contributed by atoms with van der Waals surface area (Å²) in [4.78, 5) is 22.1. The van der Waals surface area contributed by atoms with Crippen LogP contribution in [0, 0.1) is 0 Å². The molecule has 5 rings (SSSR count). The number of anilines is 2. The number of rotatable bonds is 7. The first-order valence-corrected chi connectivity index (χ1v) is 13.8. The van der Waals surface area contributed by atoms with Crippen LogP contribution < -0.4 is 10.5 Å². The van der Waals surface area contributed by atoms with Crippen LogP contribution in [-0.4, -0.2) is 28.7 Å². The number of nitrogen functional groups attached to an aromatic ring is 1. The number of hydrogen-bond acceptors (Lipinski definition) is 6. The van der Waals surface area contributed by atoms with Crippen molar-refractivity contribution in [1.82, 2.24) is 14.5 Å². The van der Waals surface area contributed by atoms with E-state index >= 15 is 0 Å². The minimum Gasteiger partial charge on any atom is -0.383 e. The Hall–Kier alpha value is -3.14. The molecular formula is C25H23Cl2N5O3S. The lowest BCUT2D eigenvalue weighted by molar-refractivity contribution is 0.104. The average molecular weight is 544 g/mol. The van der Waals surface area contributed by atoms with E-state index in [-0.39, 0.29) is 29.1 Å². The maximum atomic E-state index is 13.6. The Morgan fingerprint density at radius 1 is 1.08 bits per heavy atom. The second-order valence-corrected chi connectivity index (χ2v) is 11.5. The van der Waals surface area contributed by atoms with Crippen LogP contribution in [0.4, 0.5) is 11.5 Å². The van der Waals surface area contributed by atoms with Crippen molar-refractivity contribution in [2.75, 3.05) is 10.5 Å². The molecular weight excluding hydrogens is 521 g/mol. The lowest BCUT2D eigenvalue weighted by Gasteiger charge is -2.12. The predicted molar refractivity (Wildman–Crippen MR) is 142 cm³/mol. The van der Waals surface area contributed by atoms with Gasteiger partial charge in [-0.2, -0.15) is 0 Å². The van der Waals surface area contributed by atoms with Crippen LogP contribution >= 0.6 is 23.2 Å². The highest BCUT2D eigenvalue weighted by Crippen LogP contribution is 2.35. The van der Waals surface area contributed by atoms with E-state index in [1.54, 1.807) is 36.5 Å². The number of carbonyl (C=O) groups is 1. The molecule has 186 valence electrons. The standard InChI is InChI=1S/C25H23Cl2N5O3S/c26-17-8-15(9-18(27)11-17)13-36(34,35)31-19-5-3-4-16(10-19)23(33)21-12-32(20-6-1-2-7-20)25-22(21)24(28)29-14-30-25/h3-5,8-12,14,20,31H,1-2,6-7,13H2,(H2,28,29,30). The van der Waals surface area contributed by atoms with Gasteiger partial charge in [-0.1, -0.05) is 48.2 Å². The molecule has 0 radical (unpaired) electrons. The van der Waals surface area contributed by atoms with Gasteiger partial charge in [0, 0.05) is 33.5 Å².